The molecule has 1 aliphatic carbocycles. The van der Waals surface area contributed by atoms with Crippen molar-refractivity contribution in [3.8, 4) is 0 Å². The van der Waals surface area contributed by atoms with Gasteiger partial charge in [0.1, 0.15) is 0 Å². The molecule has 1 aromatic rings. The molecule has 3 rings (SSSR count). The Labute approximate surface area is 120 Å². The first-order chi connectivity index (χ1) is 9.15. The molecular formula is C15H22BNO3. The van der Waals surface area contributed by atoms with E-state index in [1.807, 2.05) is 40.7 Å². The first kappa shape index (κ1) is 14.0. The number of aromatic nitrogens is 1. The van der Waals surface area contributed by atoms with E-state index in [0.29, 0.717) is 0 Å². The molecule has 2 aliphatic rings. The van der Waals surface area contributed by atoms with Gasteiger partial charge in [-0.05, 0) is 53.0 Å². The van der Waals surface area contributed by atoms with Gasteiger partial charge in [-0.3, -0.25) is 4.98 Å². The zero-order valence-corrected chi connectivity index (χ0v) is 12.9. The van der Waals surface area contributed by atoms with E-state index in [4.69, 9.17) is 9.31 Å². The summed E-state index contributed by atoms with van der Waals surface area (Å²) in [5, 5.41) is 10.1. The maximum absolute atomic E-state index is 10.1. The number of aliphatic hydroxyl groups is 1. The Hall–Kier alpha value is -0.905. The molecule has 1 saturated carbocycles. The molecule has 0 aromatic carbocycles. The average Bonchev–Trinajstić information content (AvgIpc) is 3.01. The molecule has 1 aliphatic heterocycles. The first-order valence-electron chi connectivity index (χ1n) is 7.20. The highest BCUT2D eigenvalue weighted by atomic mass is 16.7. The van der Waals surface area contributed by atoms with Crippen LogP contribution in [0.3, 0.4) is 0 Å². The van der Waals surface area contributed by atoms with Crippen molar-refractivity contribution in [3.05, 3.63) is 23.4 Å². The molecule has 1 aromatic heterocycles. The minimum Gasteiger partial charge on any atom is -0.398 e. The van der Waals surface area contributed by atoms with E-state index in [-0.39, 0.29) is 11.2 Å². The van der Waals surface area contributed by atoms with Gasteiger partial charge in [0.15, 0.2) is 0 Å². The van der Waals surface area contributed by atoms with Crippen molar-refractivity contribution >= 4 is 12.7 Å². The summed E-state index contributed by atoms with van der Waals surface area (Å²) in [5.41, 5.74) is 1.33. The van der Waals surface area contributed by atoms with Gasteiger partial charge in [-0.25, -0.2) is 0 Å². The van der Waals surface area contributed by atoms with Gasteiger partial charge in [0.25, 0.3) is 0 Å². The number of hydrogen-bond acceptors (Lipinski definition) is 4. The lowest BCUT2D eigenvalue weighted by Crippen LogP contribution is -2.41. The normalized spacial score (nSPS) is 25.8. The molecule has 0 unspecified atom stereocenters. The summed E-state index contributed by atoms with van der Waals surface area (Å²) < 4.78 is 12.0. The van der Waals surface area contributed by atoms with Crippen LogP contribution in [-0.4, -0.2) is 28.4 Å². The molecule has 5 heteroatoms. The van der Waals surface area contributed by atoms with Crippen molar-refractivity contribution in [3.63, 3.8) is 0 Å². The highest BCUT2D eigenvalue weighted by molar-refractivity contribution is 6.61. The van der Waals surface area contributed by atoms with Crippen molar-refractivity contribution in [2.75, 3.05) is 0 Å². The van der Waals surface area contributed by atoms with Gasteiger partial charge in [-0.1, -0.05) is 6.07 Å². The van der Waals surface area contributed by atoms with E-state index in [0.717, 1.165) is 29.6 Å². The SMILES string of the molecule is Cc1cc(C2(O)CC2)cnc1B1OC(C)(C)C(C)(C)O1. The van der Waals surface area contributed by atoms with Gasteiger partial charge in [0.05, 0.1) is 22.4 Å². The largest absolute Gasteiger partial charge is 0.514 e. The van der Waals surface area contributed by atoms with E-state index in [1.165, 1.54) is 0 Å². The molecule has 0 spiro atoms. The number of rotatable bonds is 2. The van der Waals surface area contributed by atoms with Crippen LogP contribution < -0.4 is 5.59 Å². The Balaban J connectivity index is 1.89. The van der Waals surface area contributed by atoms with Gasteiger partial charge in [-0.2, -0.15) is 0 Å². The predicted molar refractivity (Wildman–Crippen MR) is 77.8 cm³/mol. The lowest BCUT2D eigenvalue weighted by Gasteiger charge is -2.32. The van der Waals surface area contributed by atoms with Crippen LogP contribution in [0.25, 0.3) is 0 Å². The second-order valence-corrected chi connectivity index (χ2v) is 7.05. The van der Waals surface area contributed by atoms with Crippen LogP contribution in [0.4, 0.5) is 0 Å². The summed E-state index contributed by atoms with van der Waals surface area (Å²) in [7, 11) is -0.442. The third kappa shape index (κ3) is 2.08. The Morgan fingerprint density at radius 3 is 2.15 bits per heavy atom. The highest BCUT2D eigenvalue weighted by Gasteiger charge is 2.53. The van der Waals surface area contributed by atoms with E-state index in [2.05, 4.69) is 4.98 Å². The Kier molecular flexibility index (Phi) is 2.85. The van der Waals surface area contributed by atoms with Crippen molar-refractivity contribution in [2.24, 2.45) is 0 Å². The minimum atomic E-state index is -0.647. The van der Waals surface area contributed by atoms with Gasteiger partial charge in [0.2, 0.25) is 0 Å². The summed E-state index contributed by atoms with van der Waals surface area (Å²) in [5.74, 6) is 0. The second-order valence-electron chi connectivity index (χ2n) is 7.05. The first-order valence-corrected chi connectivity index (χ1v) is 7.20. The molecule has 0 bridgehead atoms. The average molecular weight is 275 g/mol. The third-order valence-electron chi connectivity index (χ3n) is 4.86. The monoisotopic (exact) mass is 275 g/mol. The summed E-state index contributed by atoms with van der Waals surface area (Å²) in [4.78, 5) is 4.49. The Morgan fingerprint density at radius 2 is 1.70 bits per heavy atom. The fraction of sp³-hybridized carbons (Fsp3) is 0.667. The molecule has 2 fully saturated rings. The molecular weight excluding hydrogens is 253 g/mol. The summed E-state index contributed by atoms with van der Waals surface area (Å²) >= 11 is 0. The van der Waals surface area contributed by atoms with Crippen LogP contribution in [-0.2, 0) is 14.9 Å². The van der Waals surface area contributed by atoms with Crippen LogP contribution in [0.15, 0.2) is 12.3 Å². The standard InChI is InChI=1S/C15H22BNO3/c1-10-8-11(15(18)6-7-15)9-17-12(10)16-19-13(2,3)14(4,5)20-16/h8-9,18H,6-7H2,1-5H3. The zero-order valence-electron chi connectivity index (χ0n) is 12.9. The number of nitrogens with zero attached hydrogens (tertiary/aromatic N) is 1. The lowest BCUT2D eigenvalue weighted by atomic mass is 9.80. The molecule has 0 atom stereocenters. The van der Waals surface area contributed by atoms with Crippen molar-refractivity contribution in [2.45, 2.75) is 64.3 Å². The van der Waals surface area contributed by atoms with Crippen LogP contribution in [0.5, 0.6) is 0 Å². The number of pyridine rings is 1. The third-order valence-corrected chi connectivity index (χ3v) is 4.86. The Morgan fingerprint density at radius 1 is 1.15 bits per heavy atom. The van der Waals surface area contributed by atoms with Crippen molar-refractivity contribution < 1.29 is 14.4 Å². The minimum absolute atomic E-state index is 0.362. The molecule has 1 N–H and O–H groups in total. The van der Waals surface area contributed by atoms with Crippen LogP contribution in [0.2, 0.25) is 0 Å². The molecule has 1 saturated heterocycles. The summed E-state index contributed by atoms with van der Waals surface area (Å²) in [6.45, 7) is 10.1. The lowest BCUT2D eigenvalue weighted by molar-refractivity contribution is 0.00578. The summed E-state index contributed by atoms with van der Waals surface area (Å²) in [6.07, 6.45) is 3.40. The van der Waals surface area contributed by atoms with E-state index < -0.39 is 12.7 Å². The smallest absolute Gasteiger partial charge is 0.398 e. The van der Waals surface area contributed by atoms with Gasteiger partial charge < -0.3 is 14.4 Å². The van der Waals surface area contributed by atoms with Crippen LogP contribution in [0.1, 0.15) is 51.7 Å². The molecule has 108 valence electrons. The maximum atomic E-state index is 10.1. The van der Waals surface area contributed by atoms with E-state index in [9.17, 15) is 5.11 Å². The molecule has 2 heterocycles. The highest BCUT2D eigenvalue weighted by Crippen LogP contribution is 2.45. The quantitative estimate of drug-likeness (QED) is 0.834. The number of aryl methyl sites for hydroxylation is 1. The van der Waals surface area contributed by atoms with Crippen LogP contribution in [0, 0.1) is 6.92 Å². The summed E-state index contributed by atoms with van der Waals surface area (Å²) in [6, 6.07) is 2.00. The second kappa shape index (κ2) is 4.06. The maximum Gasteiger partial charge on any atom is 0.514 e. The molecule has 4 nitrogen and oxygen atoms in total. The molecule has 0 radical (unpaired) electrons. The fourth-order valence-corrected chi connectivity index (χ4v) is 2.45. The fourth-order valence-electron chi connectivity index (χ4n) is 2.45. The van der Waals surface area contributed by atoms with E-state index in [1.54, 1.807) is 6.20 Å². The van der Waals surface area contributed by atoms with E-state index >= 15 is 0 Å². The Bertz CT molecular complexity index is 536. The zero-order chi connectivity index (χ0) is 14.8. The van der Waals surface area contributed by atoms with Gasteiger partial charge in [-0.15, -0.1) is 0 Å². The van der Waals surface area contributed by atoms with Crippen molar-refractivity contribution in [1.82, 2.24) is 4.98 Å². The molecule has 20 heavy (non-hydrogen) atoms. The molecule has 0 amide bonds. The van der Waals surface area contributed by atoms with Gasteiger partial charge in [0, 0.05) is 11.8 Å². The topological polar surface area (TPSA) is 51.6 Å². The van der Waals surface area contributed by atoms with Crippen molar-refractivity contribution in [1.29, 1.82) is 0 Å². The number of hydrogen-bond donors (Lipinski definition) is 1. The predicted octanol–water partition coefficient (Wildman–Crippen LogP) is 1.67. The van der Waals surface area contributed by atoms with Crippen LogP contribution >= 0.6 is 0 Å². The van der Waals surface area contributed by atoms with Gasteiger partial charge >= 0.3 is 7.12 Å².